The maximum Gasteiger partial charge on any atom is 0.156 e. The topological polar surface area (TPSA) is 61.8 Å². The van der Waals surface area contributed by atoms with Crippen LogP contribution in [0.3, 0.4) is 0 Å². The predicted octanol–water partition coefficient (Wildman–Crippen LogP) is 4.02. The van der Waals surface area contributed by atoms with Gasteiger partial charge in [0.2, 0.25) is 0 Å². The van der Waals surface area contributed by atoms with Crippen LogP contribution in [-0.4, -0.2) is 20.5 Å². The zero-order chi connectivity index (χ0) is 15.0. The van der Waals surface area contributed by atoms with Gasteiger partial charge in [-0.2, -0.15) is 15.4 Å². The van der Waals surface area contributed by atoms with Gasteiger partial charge in [0.15, 0.2) is 5.52 Å². The van der Waals surface area contributed by atoms with Gasteiger partial charge >= 0.3 is 0 Å². The van der Waals surface area contributed by atoms with E-state index in [4.69, 9.17) is 11.6 Å². The number of nitrogens with one attached hydrogen (secondary N) is 1. The largest absolute Gasteiger partial charge is 0.505 e. The van der Waals surface area contributed by atoms with Gasteiger partial charge in [-0.05, 0) is 24.5 Å². The van der Waals surface area contributed by atoms with Gasteiger partial charge in [0.1, 0.15) is 11.3 Å². The van der Waals surface area contributed by atoms with E-state index < -0.39 is 0 Å². The van der Waals surface area contributed by atoms with Crippen molar-refractivity contribution < 1.29 is 5.11 Å². The van der Waals surface area contributed by atoms with Crippen molar-refractivity contribution in [3.8, 4) is 16.9 Å². The number of hydrogen-bond acceptors (Lipinski definition) is 3. The molecule has 0 aliphatic heterocycles. The number of hydrogen-bond donors (Lipinski definition) is 2. The number of aromatic nitrogens is 3. The molecule has 0 amide bonds. The lowest BCUT2D eigenvalue weighted by atomic mass is 9.93. The summed E-state index contributed by atoms with van der Waals surface area (Å²) in [7, 11) is 0. The van der Waals surface area contributed by atoms with Crippen LogP contribution in [-0.2, 0) is 6.42 Å². The minimum atomic E-state index is 0.103. The molecule has 0 aliphatic carbocycles. The fraction of sp³-hybridized carbons (Fsp3) is 0.125. The summed E-state index contributed by atoms with van der Waals surface area (Å²) in [5.74, 6) is 0.103. The van der Waals surface area contributed by atoms with Gasteiger partial charge < -0.3 is 5.11 Å². The van der Waals surface area contributed by atoms with Gasteiger partial charge in [-0.15, -0.1) is 6.58 Å². The van der Waals surface area contributed by atoms with Crippen LogP contribution in [0.1, 0.15) is 11.1 Å². The molecule has 5 heteroatoms. The molecule has 4 nitrogen and oxygen atoms in total. The van der Waals surface area contributed by atoms with Gasteiger partial charge in [-0.1, -0.05) is 41.9 Å². The average molecular weight is 300 g/mol. The van der Waals surface area contributed by atoms with E-state index in [9.17, 15) is 5.11 Å². The Bertz CT molecular complexity index is 839. The van der Waals surface area contributed by atoms with E-state index in [1.807, 2.05) is 37.3 Å². The first-order chi connectivity index (χ1) is 10.1. The first-order valence-corrected chi connectivity index (χ1v) is 6.93. The molecule has 0 saturated carbocycles. The van der Waals surface area contributed by atoms with Crippen molar-refractivity contribution in [1.82, 2.24) is 15.4 Å². The maximum absolute atomic E-state index is 10.3. The minimum absolute atomic E-state index is 0.103. The van der Waals surface area contributed by atoms with Crippen molar-refractivity contribution in [2.45, 2.75) is 13.3 Å². The number of halogens is 1. The van der Waals surface area contributed by atoms with Crippen LogP contribution in [0.25, 0.3) is 22.2 Å². The van der Waals surface area contributed by atoms with E-state index in [2.05, 4.69) is 22.0 Å². The van der Waals surface area contributed by atoms with Crippen molar-refractivity contribution in [3.05, 3.63) is 53.1 Å². The summed E-state index contributed by atoms with van der Waals surface area (Å²) in [5.41, 5.74) is 4.41. The van der Waals surface area contributed by atoms with Crippen LogP contribution in [0.4, 0.5) is 0 Å². The molecule has 1 heterocycles. The molecular weight excluding hydrogens is 286 g/mol. The van der Waals surface area contributed by atoms with Crippen LogP contribution >= 0.6 is 11.6 Å². The molecule has 0 fully saturated rings. The third-order valence-electron chi connectivity index (χ3n) is 3.58. The lowest BCUT2D eigenvalue weighted by Crippen LogP contribution is -1.93. The second kappa shape index (κ2) is 5.22. The highest BCUT2D eigenvalue weighted by molar-refractivity contribution is 6.38. The SMILES string of the molecule is C=CCc1ccccc1-c1c(C)c(O)c2n[nH]nc2c1Cl. The summed E-state index contributed by atoms with van der Waals surface area (Å²) in [6, 6.07) is 7.93. The third-order valence-corrected chi connectivity index (χ3v) is 3.95. The molecule has 2 aromatic carbocycles. The molecule has 1 aromatic heterocycles. The van der Waals surface area contributed by atoms with Crippen molar-refractivity contribution in [2.75, 3.05) is 0 Å². The molecule has 0 saturated heterocycles. The van der Waals surface area contributed by atoms with E-state index in [0.717, 1.165) is 23.1 Å². The maximum atomic E-state index is 10.3. The number of aromatic amines is 1. The van der Waals surface area contributed by atoms with Crippen LogP contribution in [0, 0.1) is 6.92 Å². The fourth-order valence-corrected chi connectivity index (χ4v) is 2.92. The first kappa shape index (κ1) is 13.6. The summed E-state index contributed by atoms with van der Waals surface area (Å²) in [6.45, 7) is 5.61. The van der Waals surface area contributed by atoms with E-state index in [-0.39, 0.29) is 5.75 Å². The Labute approximate surface area is 127 Å². The number of nitrogens with zero attached hydrogens (tertiary/aromatic N) is 2. The summed E-state index contributed by atoms with van der Waals surface area (Å²) in [4.78, 5) is 0. The van der Waals surface area contributed by atoms with Gasteiger partial charge in [-0.25, -0.2) is 0 Å². The molecule has 0 atom stereocenters. The van der Waals surface area contributed by atoms with Crippen molar-refractivity contribution in [3.63, 3.8) is 0 Å². The highest BCUT2D eigenvalue weighted by atomic mass is 35.5. The summed E-state index contributed by atoms with van der Waals surface area (Å²) in [5, 5.41) is 21.3. The van der Waals surface area contributed by atoms with Gasteiger partial charge in [0, 0.05) is 11.1 Å². The average Bonchev–Trinajstić information content (AvgIpc) is 2.97. The monoisotopic (exact) mass is 299 g/mol. The Kier molecular flexibility index (Phi) is 3.39. The highest BCUT2D eigenvalue weighted by Gasteiger charge is 2.20. The molecule has 0 unspecified atom stereocenters. The Morgan fingerprint density at radius 3 is 2.76 bits per heavy atom. The quantitative estimate of drug-likeness (QED) is 0.718. The number of allylic oxidation sites excluding steroid dienone is 1. The molecule has 0 spiro atoms. The zero-order valence-electron chi connectivity index (χ0n) is 11.5. The standard InChI is InChI=1S/C16H14ClN3O/c1-3-6-10-7-4-5-8-11(10)12-9(2)16(21)15-14(13(12)17)18-20-19-15/h3-5,7-8,21H,1,6H2,2H3,(H,18,19,20). The second-order valence-electron chi connectivity index (χ2n) is 4.83. The van der Waals surface area contributed by atoms with Gasteiger partial charge in [-0.3, -0.25) is 0 Å². The molecule has 0 bridgehead atoms. The molecule has 2 N–H and O–H groups in total. The molecular formula is C16H14ClN3O. The Hall–Kier alpha value is -2.33. The second-order valence-corrected chi connectivity index (χ2v) is 5.21. The number of fused-ring (bicyclic) bond motifs is 1. The Balaban J connectivity index is 2.38. The number of benzene rings is 2. The molecule has 21 heavy (non-hydrogen) atoms. The zero-order valence-corrected chi connectivity index (χ0v) is 12.3. The number of phenolic OH excluding ortho intramolecular Hbond substituents is 1. The Morgan fingerprint density at radius 1 is 1.29 bits per heavy atom. The van der Waals surface area contributed by atoms with E-state index in [0.29, 0.717) is 21.6 Å². The first-order valence-electron chi connectivity index (χ1n) is 6.55. The van der Waals surface area contributed by atoms with Crippen molar-refractivity contribution in [1.29, 1.82) is 0 Å². The third kappa shape index (κ3) is 2.08. The minimum Gasteiger partial charge on any atom is -0.505 e. The van der Waals surface area contributed by atoms with Crippen LogP contribution in [0.15, 0.2) is 36.9 Å². The lowest BCUT2D eigenvalue weighted by molar-refractivity contribution is 0.476. The van der Waals surface area contributed by atoms with Gasteiger partial charge in [0.05, 0.1) is 5.02 Å². The number of H-pyrrole nitrogens is 1. The Morgan fingerprint density at radius 2 is 2.00 bits per heavy atom. The number of rotatable bonds is 3. The summed E-state index contributed by atoms with van der Waals surface area (Å²) >= 11 is 6.51. The lowest BCUT2D eigenvalue weighted by Gasteiger charge is -2.14. The molecule has 106 valence electrons. The molecule has 0 radical (unpaired) electrons. The van der Waals surface area contributed by atoms with Crippen molar-refractivity contribution >= 4 is 22.6 Å². The highest BCUT2D eigenvalue weighted by Crippen LogP contribution is 2.42. The van der Waals surface area contributed by atoms with Crippen LogP contribution in [0.5, 0.6) is 5.75 Å². The molecule has 3 aromatic rings. The molecule has 0 aliphatic rings. The van der Waals surface area contributed by atoms with Crippen LogP contribution < -0.4 is 0 Å². The van der Waals surface area contributed by atoms with E-state index in [1.165, 1.54) is 0 Å². The smallest absolute Gasteiger partial charge is 0.156 e. The number of aromatic hydroxyl groups is 1. The van der Waals surface area contributed by atoms with Crippen LogP contribution in [0.2, 0.25) is 5.02 Å². The summed E-state index contributed by atoms with van der Waals surface area (Å²) < 4.78 is 0. The predicted molar refractivity (Wildman–Crippen MR) is 84.6 cm³/mol. The van der Waals surface area contributed by atoms with Gasteiger partial charge in [0.25, 0.3) is 0 Å². The van der Waals surface area contributed by atoms with E-state index in [1.54, 1.807) is 0 Å². The fourth-order valence-electron chi connectivity index (χ4n) is 2.55. The van der Waals surface area contributed by atoms with Crippen molar-refractivity contribution in [2.24, 2.45) is 0 Å². The molecule has 3 rings (SSSR count). The van der Waals surface area contributed by atoms with E-state index >= 15 is 0 Å². The number of phenols is 1. The summed E-state index contributed by atoms with van der Waals surface area (Å²) in [6.07, 6.45) is 2.57. The normalized spacial score (nSPS) is 11.0.